The summed E-state index contributed by atoms with van der Waals surface area (Å²) in [6.07, 6.45) is 6.37. The van der Waals surface area contributed by atoms with Crippen molar-refractivity contribution >= 4 is 0 Å². The van der Waals surface area contributed by atoms with Crippen molar-refractivity contribution < 1.29 is 0 Å². The zero-order valence-electron chi connectivity index (χ0n) is 8.90. The standard InChI is InChI=1S/C12H18N2/c1-9-7-12(8-9)14-10(2)11-3-5-13-6-4-11/h3-6,9-10,12,14H,7-8H2,1-2H3. The van der Waals surface area contributed by atoms with Gasteiger partial charge in [0.25, 0.3) is 0 Å². The van der Waals surface area contributed by atoms with E-state index in [-0.39, 0.29) is 0 Å². The molecule has 1 fully saturated rings. The van der Waals surface area contributed by atoms with Gasteiger partial charge >= 0.3 is 0 Å². The Morgan fingerprint density at radius 2 is 2.00 bits per heavy atom. The van der Waals surface area contributed by atoms with Crippen LogP contribution in [-0.2, 0) is 0 Å². The first kappa shape index (κ1) is 9.66. The molecule has 1 aliphatic carbocycles. The van der Waals surface area contributed by atoms with Gasteiger partial charge in [-0.1, -0.05) is 6.92 Å². The van der Waals surface area contributed by atoms with Gasteiger partial charge < -0.3 is 5.32 Å². The third-order valence-corrected chi connectivity index (χ3v) is 3.07. The predicted octanol–water partition coefficient (Wildman–Crippen LogP) is 2.53. The molecule has 14 heavy (non-hydrogen) atoms. The average Bonchev–Trinajstić information content (AvgIpc) is 2.17. The number of pyridine rings is 1. The van der Waals surface area contributed by atoms with E-state index in [2.05, 4.69) is 36.3 Å². The van der Waals surface area contributed by atoms with E-state index in [4.69, 9.17) is 0 Å². The van der Waals surface area contributed by atoms with Gasteiger partial charge in [0.2, 0.25) is 0 Å². The van der Waals surface area contributed by atoms with Crippen LogP contribution in [0.4, 0.5) is 0 Å². The van der Waals surface area contributed by atoms with E-state index in [0.29, 0.717) is 6.04 Å². The van der Waals surface area contributed by atoms with Gasteiger partial charge in [-0.05, 0) is 43.4 Å². The van der Waals surface area contributed by atoms with Crippen LogP contribution < -0.4 is 5.32 Å². The van der Waals surface area contributed by atoms with Crippen LogP contribution in [0.3, 0.4) is 0 Å². The molecule has 0 bridgehead atoms. The fourth-order valence-corrected chi connectivity index (χ4v) is 2.14. The number of nitrogens with one attached hydrogen (secondary N) is 1. The monoisotopic (exact) mass is 190 g/mol. The Morgan fingerprint density at radius 1 is 1.36 bits per heavy atom. The van der Waals surface area contributed by atoms with Crippen molar-refractivity contribution in [1.29, 1.82) is 0 Å². The van der Waals surface area contributed by atoms with Crippen LogP contribution in [0.5, 0.6) is 0 Å². The van der Waals surface area contributed by atoms with E-state index >= 15 is 0 Å². The number of aromatic nitrogens is 1. The number of hydrogen-bond donors (Lipinski definition) is 1. The van der Waals surface area contributed by atoms with E-state index in [1.165, 1.54) is 18.4 Å². The quantitative estimate of drug-likeness (QED) is 0.792. The third kappa shape index (κ3) is 2.13. The maximum atomic E-state index is 4.03. The Morgan fingerprint density at radius 3 is 2.57 bits per heavy atom. The molecule has 1 heterocycles. The first-order valence-electron chi connectivity index (χ1n) is 5.41. The third-order valence-electron chi connectivity index (χ3n) is 3.07. The zero-order valence-corrected chi connectivity index (χ0v) is 8.90. The molecule has 0 aromatic carbocycles. The lowest BCUT2D eigenvalue weighted by atomic mass is 9.81. The van der Waals surface area contributed by atoms with Crippen molar-refractivity contribution in [3.8, 4) is 0 Å². The predicted molar refractivity (Wildman–Crippen MR) is 58.0 cm³/mol. The Bertz CT molecular complexity index is 278. The van der Waals surface area contributed by atoms with Crippen LogP contribution in [-0.4, -0.2) is 11.0 Å². The summed E-state index contributed by atoms with van der Waals surface area (Å²) in [7, 11) is 0. The van der Waals surface area contributed by atoms with Gasteiger partial charge in [0.15, 0.2) is 0 Å². The topological polar surface area (TPSA) is 24.9 Å². The van der Waals surface area contributed by atoms with Crippen molar-refractivity contribution in [2.24, 2.45) is 5.92 Å². The molecule has 1 saturated carbocycles. The lowest BCUT2D eigenvalue weighted by molar-refractivity contribution is 0.226. The second-order valence-corrected chi connectivity index (χ2v) is 4.44. The van der Waals surface area contributed by atoms with Crippen LogP contribution in [0.2, 0.25) is 0 Å². The highest BCUT2D eigenvalue weighted by Crippen LogP contribution is 2.28. The first-order chi connectivity index (χ1) is 6.75. The summed E-state index contributed by atoms with van der Waals surface area (Å²) in [5.74, 6) is 0.914. The second-order valence-electron chi connectivity index (χ2n) is 4.44. The largest absolute Gasteiger partial charge is 0.307 e. The highest BCUT2D eigenvalue weighted by Gasteiger charge is 2.26. The number of hydrogen-bond acceptors (Lipinski definition) is 2. The van der Waals surface area contributed by atoms with Crippen molar-refractivity contribution in [3.05, 3.63) is 30.1 Å². The SMILES string of the molecule is CC1CC(NC(C)c2ccncc2)C1. The summed E-state index contributed by atoms with van der Waals surface area (Å²) in [6, 6.07) is 5.35. The molecule has 76 valence electrons. The summed E-state index contributed by atoms with van der Waals surface area (Å²) in [5.41, 5.74) is 1.33. The van der Waals surface area contributed by atoms with Gasteiger partial charge in [0, 0.05) is 24.5 Å². The highest BCUT2D eigenvalue weighted by molar-refractivity contribution is 5.14. The molecule has 0 amide bonds. The van der Waals surface area contributed by atoms with Crippen LogP contribution in [0, 0.1) is 5.92 Å². The maximum absolute atomic E-state index is 4.03. The lowest BCUT2D eigenvalue weighted by Crippen LogP contribution is -2.41. The van der Waals surface area contributed by atoms with Gasteiger partial charge in [-0.15, -0.1) is 0 Å². The molecule has 0 aliphatic heterocycles. The molecule has 2 rings (SSSR count). The molecule has 2 nitrogen and oxygen atoms in total. The minimum atomic E-state index is 0.454. The summed E-state index contributed by atoms with van der Waals surface area (Å²) in [4.78, 5) is 4.03. The fourth-order valence-electron chi connectivity index (χ4n) is 2.14. The molecule has 1 N–H and O–H groups in total. The van der Waals surface area contributed by atoms with E-state index < -0.39 is 0 Å². The Labute approximate surface area is 85.7 Å². The Hall–Kier alpha value is -0.890. The molecule has 1 atom stereocenters. The molecular formula is C12H18N2. The minimum Gasteiger partial charge on any atom is -0.307 e. The fraction of sp³-hybridized carbons (Fsp3) is 0.583. The van der Waals surface area contributed by atoms with Gasteiger partial charge in [-0.3, -0.25) is 4.98 Å². The van der Waals surface area contributed by atoms with Crippen molar-refractivity contribution in [3.63, 3.8) is 0 Å². The molecule has 2 heteroatoms. The highest BCUT2D eigenvalue weighted by atomic mass is 15.0. The van der Waals surface area contributed by atoms with Crippen LogP contribution in [0.25, 0.3) is 0 Å². The average molecular weight is 190 g/mol. The van der Waals surface area contributed by atoms with E-state index in [1.807, 2.05) is 12.4 Å². The van der Waals surface area contributed by atoms with Crippen molar-refractivity contribution in [2.45, 2.75) is 38.8 Å². The van der Waals surface area contributed by atoms with E-state index in [1.54, 1.807) is 0 Å². The maximum Gasteiger partial charge on any atom is 0.0295 e. The minimum absolute atomic E-state index is 0.454. The molecule has 1 aromatic rings. The zero-order chi connectivity index (χ0) is 9.97. The van der Waals surface area contributed by atoms with Crippen LogP contribution >= 0.6 is 0 Å². The summed E-state index contributed by atoms with van der Waals surface area (Å²) in [5, 5.41) is 3.64. The normalized spacial score (nSPS) is 28.1. The molecule has 1 aromatic heterocycles. The van der Waals surface area contributed by atoms with Gasteiger partial charge in [-0.25, -0.2) is 0 Å². The summed E-state index contributed by atoms with van der Waals surface area (Å²) >= 11 is 0. The Balaban J connectivity index is 1.87. The van der Waals surface area contributed by atoms with Crippen LogP contribution in [0.1, 0.15) is 38.3 Å². The first-order valence-corrected chi connectivity index (χ1v) is 5.41. The van der Waals surface area contributed by atoms with E-state index in [9.17, 15) is 0 Å². The van der Waals surface area contributed by atoms with Gasteiger partial charge in [0.05, 0.1) is 0 Å². The molecular weight excluding hydrogens is 172 g/mol. The van der Waals surface area contributed by atoms with E-state index in [0.717, 1.165) is 12.0 Å². The molecule has 0 radical (unpaired) electrons. The van der Waals surface area contributed by atoms with Gasteiger partial charge in [-0.2, -0.15) is 0 Å². The second kappa shape index (κ2) is 4.09. The molecule has 0 spiro atoms. The lowest BCUT2D eigenvalue weighted by Gasteiger charge is -2.35. The summed E-state index contributed by atoms with van der Waals surface area (Å²) in [6.45, 7) is 4.54. The van der Waals surface area contributed by atoms with Crippen molar-refractivity contribution in [2.75, 3.05) is 0 Å². The molecule has 0 saturated heterocycles. The Kier molecular flexibility index (Phi) is 2.82. The molecule has 1 aliphatic rings. The van der Waals surface area contributed by atoms with Crippen molar-refractivity contribution in [1.82, 2.24) is 10.3 Å². The smallest absolute Gasteiger partial charge is 0.0295 e. The molecule has 1 unspecified atom stereocenters. The number of nitrogens with zero attached hydrogens (tertiary/aromatic N) is 1. The van der Waals surface area contributed by atoms with Gasteiger partial charge in [0.1, 0.15) is 0 Å². The summed E-state index contributed by atoms with van der Waals surface area (Å²) < 4.78 is 0. The number of rotatable bonds is 3. The van der Waals surface area contributed by atoms with Crippen LogP contribution in [0.15, 0.2) is 24.5 Å².